The Labute approximate surface area is 146 Å². The zero-order valence-corrected chi connectivity index (χ0v) is 15.1. The number of ether oxygens (including phenoxy) is 2. The Morgan fingerprint density at radius 1 is 1.32 bits per heavy atom. The number of benzene rings is 1. The summed E-state index contributed by atoms with van der Waals surface area (Å²) < 4.78 is 16.1. The largest absolute Gasteiger partial charge is 0.493 e. The van der Waals surface area contributed by atoms with Gasteiger partial charge >= 0.3 is 0 Å². The van der Waals surface area contributed by atoms with Crippen molar-refractivity contribution in [1.82, 2.24) is 5.16 Å². The van der Waals surface area contributed by atoms with Gasteiger partial charge in [0.15, 0.2) is 11.5 Å². The fraction of sp³-hybridized carbons (Fsp3) is 0.474. The predicted octanol–water partition coefficient (Wildman–Crippen LogP) is 2.64. The molecule has 0 radical (unpaired) electrons. The van der Waals surface area contributed by atoms with Crippen molar-refractivity contribution in [3.05, 3.63) is 40.8 Å². The number of hydrogen-bond donors (Lipinski definition) is 1. The number of methoxy groups -OCH3 is 2. The van der Waals surface area contributed by atoms with E-state index in [-0.39, 0.29) is 18.1 Å². The van der Waals surface area contributed by atoms with Crippen LogP contribution in [0.2, 0.25) is 0 Å². The van der Waals surface area contributed by atoms with Gasteiger partial charge in [0.25, 0.3) is 0 Å². The molecule has 134 valence electrons. The first-order chi connectivity index (χ1) is 11.8. The number of aliphatic hydroxyl groups is 1. The lowest BCUT2D eigenvalue weighted by atomic mass is 9.64. The molecule has 0 spiro atoms. The Bertz CT molecular complexity index is 808. The van der Waals surface area contributed by atoms with Gasteiger partial charge in [-0.3, -0.25) is 4.79 Å². The van der Waals surface area contributed by atoms with Crippen molar-refractivity contribution in [2.24, 2.45) is 5.92 Å². The zero-order chi connectivity index (χ0) is 18.4. The summed E-state index contributed by atoms with van der Waals surface area (Å²) in [5.74, 6) is 0.810. The summed E-state index contributed by atoms with van der Waals surface area (Å²) in [7, 11) is 3.14. The Kier molecular flexibility index (Phi) is 4.33. The molecule has 1 heterocycles. The van der Waals surface area contributed by atoms with E-state index in [0.717, 1.165) is 11.1 Å². The molecule has 2 aromatic rings. The number of aryl methyl sites for hydroxylation is 1. The van der Waals surface area contributed by atoms with E-state index in [2.05, 4.69) is 5.16 Å². The number of hydrogen-bond acceptors (Lipinski definition) is 6. The van der Waals surface area contributed by atoms with Gasteiger partial charge in [-0.2, -0.15) is 0 Å². The molecular formula is C19H23NO5. The Morgan fingerprint density at radius 3 is 2.60 bits per heavy atom. The van der Waals surface area contributed by atoms with Crippen molar-refractivity contribution in [3.63, 3.8) is 0 Å². The molecule has 0 fully saturated rings. The van der Waals surface area contributed by atoms with Crippen LogP contribution < -0.4 is 9.47 Å². The molecule has 1 N–H and O–H groups in total. The Morgan fingerprint density at radius 2 is 2.00 bits per heavy atom. The maximum absolute atomic E-state index is 12.5. The molecule has 6 heteroatoms. The van der Waals surface area contributed by atoms with E-state index in [1.165, 1.54) is 6.92 Å². The standard InChI is InChI=1S/C19H23NO5/c1-10(21)18-17(12-6-7-14(23-4)15(8-12)24-5)16-11(2)25-20-13(16)9-19(18,3)22/h6-8,17-18,22H,9H2,1-5H3/t17-,18-,19-/m0/s1. The molecule has 0 amide bonds. The minimum atomic E-state index is -1.21. The van der Waals surface area contributed by atoms with Gasteiger partial charge in [-0.1, -0.05) is 11.2 Å². The number of carbonyl (C=O) groups is 1. The van der Waals surface area contributed by atoms with Crippen LogP contribution in [0.4, 0.5) is 0 Å². The van der Waals surface area contributed by atoms with Crippen LogP contribution in [0.25, 0.3) is 0 Å². The second-order valence-electron chi connectivity index (χ2n) is 6.81. The maximum Gasteiger partial charge on any atom is 0.161 e. The highest BCUT2D eigenvalue weighted by molar-refractivity contribution is 5.82. The predicted molar refractivity (Wildman–Crippen MR) is 91.1 cm³/mol. The van der Waals surface area contributed by atoms with Gasteiger partial charge in [0, 0.05) is 17.9 Å². The summed E-state index contributed by atoms with van der Waals surface area (Å²) in [5, 5.41) is 15.1. The number of ketones is 1. The van der Waals surface area contributed by atoms with Gasteiger partial charge in [-0.25, -0.2) is 0 Å². The fourth-order valence-corrected chi connectivity index (χ4v) is 4.00. The van der Waals surface area contributed by atoms with Gasteiger partial charge in [-0.15, -0.1) is 0 Å². The molecule has 6 nitrogen and oxygen atoms in total. The monoisotopic (exact) mass is 345 g/mol. The molecule has 0 unspecified atom stereocenters. The number of Topliss-reactive ketones (excluding diaryl/α,β-unsaturated/α-hetero) is 1. The summed E-state index contributed by atoms with van der Waals surface area (Å²) in [6.45, 7) is 5.03. The van der Waals surface area contributed by atoms with Gasteiger partial charge < -0.3 is 19.1 Å². The smallest absolute Gasteiger partial charge is 0.161 e. The lowest BCUT2D eigenvalue weighted by molar-refractivity contribution is -0.130. The molecule has 1 aromatic heterocycles. The van der Waals surface area contributed by atoms with Crippen LogP contribution in [-0.2, 0) is 11.2 Å². The first kappa shape index (κ1) is 17.5. The van der Waals surface area contributed by atoms with E-state index >= 15 is 0 Å². The first-order valence-corrected chi connectivity index (χ1v) is 8.20. The Hall–Kier alpha value is -2.34. The molecule has 0 saturated heterocycles. The van der Waals surface area contributed by atoms with Gasteiger partial charge in [-0.05, 0) is 38.5 Å². The van der Waals surface area contributed by atoms with E-state index in [4.69, 9.17) is 14.0 Å². The van der Waals surface area contributed by atoms with Crippen LogP contribution in [0.5, 0.6) is 11.5 Å². The van der Waals surface area contributed by atoms with E-state index in [1.54, 1.807) is 27.2 Å². The lowest BCUT2D eigenvalue weighted by Gasteiger charge is -2.40. The van der Waals surface area contributed by atoms with Crippen LogP contribution in [0.3, 0.4) is 0 Å². The van der Waals surface area contributed by atoms with Crippen LogP contribution >= 0.6 is 0 Å². The summed E-state index contributed by atoms with van der Waals surface area (Å²) in [6.07, 6.45) is 0.285. The maximum atomic E-state index is 12.5. The van der Waals surface area contributed by atoms with Crippen molar-refractivity contribution in [2.45, 2.75) is 38.7 Å². The number of carbonyl (C=O) groups excluding carboxylic acids is 1. The lowest BCUT2D eigenvalue weighted by Crippen LogP contribution is -2.48. The quantitative estimate of drug-likeness (QED) is 0.917. The van der Waals surface area contributed by atoms with E-state index in [1.807, 2.05) is 19.1 Å². The van der Waals surface area contributed by atoms with Crippen LogP contribution in [0.15, 0.2) is 22.7 Å². The summed E-state index contributed by atoms with van der Waals surface area (Å²) in [6, 6.07) is 5.54. The topological polar surface area (TPSA) is 81.8 Å². The van der Waals surface area contributed by atoms with E-state index in [9.17, 15) is 9.90 Å². The second-order valence-corrected chi connectivity index (χ2v) is 6.81. The van der Waals surface area contributed by atoms with Crippen LogP contribution in [0, 0.1) is 12.8 Å². The van der Waals surface area contributed by atoms with Crippen molar-refractivity contribution in [2.75, 3.05) is 14.2 Å². The van der Waals surface area contributed by atoms with Gasteiger partial charge in [0.05, 0.1) is 31.4 Å². The number of rotatable bonds is 4. The first-order valence-electron chi connectivity index (χ1n) is 8.20. The zero-order valence-electron chi connectivity index (χ0n) is 15.1. The second kappa shape index (κ2) is 6.19. The van der Waals surface area contributed by atoms with E-state index < -0.39 is 11.5 Å². The third-order valence-corrected chi connectivity index (χ3v) is 5.03. The minimum absolute atomic E-state index is 0.0731. The molecule has 0 aliphatic heterocycles. The number of aromatic nitrogens is 1. The van der Waals surface area contributed by atoms with E-state index in [0.29, 0.717) is 23.0 Å². The van der Waals surface area contributed by atoms with Crippen LogP contribution in [-0.4, -0.2) is 35.9 Å². The average Bonchev–Trinajstić information content (AvgIpc) is 2.91. The highest BCUT2D eigenvalue weighted by Gasteiger charge is 2.49. The molecule has 1 aromatic carbocycles. The summed E-state index contributed by atoms with van der Waals surface area (Å²) >= 11 is 0. The highest BCUT2D eigenvalue weighted by atomic mass is 16.5. The Balaban J connectivity index is 2.23. The average molecular weight is 345 g/mol. The molecular weight excluding hydrogens is 322 g/mol. The number of fused-ring (bicyclic) bond motifs is 1. The van der Waals surface area contributed by atoms with Crippen molar-refractivity contribution >= 4 is 5.78 Å². The van der Waals surface area contributed by atoms with Crippen molar-refractivity contribution in [1.29, 1.82) is 0 Å². The van der Waals surface area contributed by atoms with Crippen molar-refractivity contribution < 1.29 is 23.9 Å². The van der Waals surface area contributed by atoms with Gasteiger partial charge in [0.2, 0.25) is 0 Å². The summed E-state index contributed by atoms with van der Waals surface area (Å²) in [4.78, 5) is 12.5. The molecule has 3 rings (SSSR count). The van der Waals surface area contributed by atoms with Crippen LogP contribution in [0.1, 0.15) is 42.3 Å². The normalized spacial score (nSPS) is 25.4. The fourth-order valence-electron chi connectivity index (χ4n) is 4.00. The molecule has 1 aliphatic rings. The molecule has 0 bridgehead atoms. The SMILES string of the molecule is COc1ccc([C@H]2c3c(noc3C)C[C@](C)(O)[C@H]2C(C)=O)cc1OC. The molecule has 1 aliphatic carbocycles. The summed E-state index contributed by atoms with van der Waals surface area (Å²) in [5.41, 5.74) is 1.21. The molecule has 3 atom stereocenters. The number of nitrogens with zero attached hydrogens (tertiary/aromatic N) is 1. The highest BCUT2D eigenvalue weighted by Crippen LogP contribution is 2.48. The third kappa shape index (κ3) is 2.80. The molecule has 25 heavy (non-hydrogen) atoms. The third-order valence-electron chi connectivity index (χ3n) is 5.03. The minimum Gasteiger partial charge on any atom is -0.493 e. The van der Waals surface area contributed by atoms with Gasteiger partial charge in [0.1, 0.15) is 11.5 Å². The molecule has 0 saturated carbocycles. The van der Waals surface area contributed by atoms with Crippen molar-refractivity contribution in [3.8, 4) is 11.5 Å².